The van der Waals surface area contributed by atoms with Gasteiger partial charge in [-0.25, -0.2) is 23.8 Å². The first kappa shape index (κ1) is 49.5. The molecular weight excluding hydrogens is 841 g/mol. The number of morpholine rings is 4. The third-order valence-corrected chi connectivity index (χ3v) is 11.3. The smallest absolute Gasteiger partial charge is 0.319 e. The molecule has 0 spiro atoms. The Hall–Kier alpha value is -5.93. The largest absolute Gasteiger partial charge is 0.399 e. The van der Waals surface area contributed by atoms with Crippen LogP contribution in [0.1, 0.15) is 14.9 Å². The number of hydrogen-bond acceptors (Lipinski definition) is 15. The maximum atomic E-state index is 12.2. The van der Waals surface area contributed by atoms with E-state index in [1.165, 1.54) is 0 Å². The van der Waals surface area contributed by atoms with Gasteiger partial charge >= 0.3 is 6.03 Å². The Morgan fingerprint density at radius 2 is 1.00 bits per heavy atom. The molecule has 2 aromatic carbocycles. The van der Waals surface area contributed by atoms with Gasteiger partial charge in [-0.3, -0.25) is 9.80 Å². The van der Waals surface area contributed by atoms with Crippen LogP contribution in [-0.4, -0.2) is 176 Å². The number of aromatic nitrogens is 6. The zero-order valence-electron chi connectivity index (χ0n) is 36.4. The van der Waals surface area contributed by atoms with Crippen molar-refractivity contribution < 1.29 is 23.7 Å². The highest BCUT2D eigenvalue weighted by molar-refractivity contribution is 5.89. The van der Waals surface area contributed by atoms with Crippen molar-refractivity contribution in [1.82, 2.24) is 44.3 Å². The lowest BCUT2D eigenvalue weighted by atomic mass is 10.2. The maximum Gasteiger partial charge on any atom is 0.319 e. The van der Waals surface area contributed by atoms with E-state index in [4.69, 9.17) is 40.4 Å². The molecule has 8 heterocycles. The minimum Gasteiger partial charge on any atom is -0.399 e. The Morgan fingerprint density at radius 1 is 0.576 bits per heavy atom. The highest BCUT2D eigenvalue weighted by Gasteiger charge is 2.20. The van der Waals surface area contributed by atoms with Gasteiger partial charge in [0.25, 0.3) is 0 Å². The highest BCUT2D eigenvalue weighted by Crippen LogP contribution is 2.27. The van der Waals surface area contributed by atoms with Crippen molar-refractivity contribution in [1.29, 1.82) is 0 Å². The molecule has 4 fully saturated rings. The summed E-state index contributed by atoms with van der Waals surface area (Å²) in [5.41, 5.74) is 16.4. The van der Waals surface area contributed by atoms with Crippen LogP contribution in [0.3, 0.4) is 0 Å². The predicted molar refractivity (Wildman–Crippen MR) is 261 cm³/mol. The number of nitrogens with two attached hydrogens (primary N) is 2. The van der Waals surface area contributed by atoms with Crippen LogP contribution in [-0.2, 0) is 18.9 Å². The fourth-order valence-corrected chi connectivity index (χ4v) is 7.77. The van der Waals surface area contributed by atoms with Crippen molar-refractivity contribution in [3.05, 3.63) is 85.2 Å². The topological polar surface area (TPSA) is 203 Å². The summed E-state index contributed by atoms with van der Waals surface area (Å²) < 4.78 is 25.2. The average molecular weight is 909 g/mol. The van der Waals surface area contributed by atoms with E-state index in [0.717, 1.165) is 157 Å². The molecule has 0 bridgehead atoms. The number of ether oxygens (including phenoxy) is 4. The lowest BCUT2D eigenvalue weighted by Crippen LogP contribution is -2.42. The first-order chi connectivity index (χ1) is 31.5. The molecule has 19 nitrogen and oxygen atoms in total. The Labute approximate surface area is 387 Å². The number of nitrogens with one attached hydrogen (secondary N) is 2. The van der Waals surface area contributed by atoms with Gasteiger partial charge in [0.2, 0.25) is 0 Å². The number of nitrogen functional groups attached to an aromatic ring is 1. The van der Waals surface area contributed by atoms with Crippen LogP contribution in [0, 0.1) is 0 Å². The van der Waals surface area contributed by atoms with Gasteiger partial charge in [0.1, 0.15) is 11.0 Å². The van der Waals surface area contributed by atoms with Crippen molar-refractivity contribution in [2.45, 2.75) is 14.9 Å². The van der Waals surface area contributed by atoms with Crippen molar-refractivity contribution in [2.24, 2.45) is 5.73 Å². The first-order valence-corrected chi connectivity index (χ1v) is 22.2. The number of hydrogen-bond donors (Lipinski definition) is 4. The molecule has 4 aliphatic heterocycles. The van der Waals surface area contributed by atoms with Crippen LogP contribution in [0.25, 0.3) is 33.8 Å². The summed E-state index contributed by atoms with van der Waals surface area (Å²) >= 11 is 0. The van der Waals surface area contributed by atoms with Gasteiger partial charge in [0, 0.05) is 113 Å². The summed E-state index contributed by atoms with van der Waals surface area (Å²) in [5, 5.41) is 15.1. The number of carbonyl (C=O) groups is 1. The number of amides is 2. The number of carbonyl (C=O) groups excluding carboxylic acids is 1. The van der Waals surface area contributed by atoms with Gasteiger partial charge in [-0.2, -0.15) is 0 Å². The molecule has 0 atom stereocenters. The second-order valence-corrected chi connectivity index (χ2v) is 15.7. The Morgan fingerprint density at radius 3 is 1.45 bits per heavy atom. The average Bonchev–Trinajstić information content (AvgIpc) is 4.04. The molecule has 0 radical (unpaired) electrons. The van der Waals surface area contributed by atoms with Crippen molar-refractivity contribution in [2.75, 3.05) is 152 Å². The van der Waals surface area contributed by atoms with E-state index in [2.05, 4.69) is 40.4 Å². The minimum atomic E-state index is -0.212. The Balaban J connectivity index is 0.000000187. The fourth-order valence-electron chi connectivity index (χ4n) is 7.77. The van der Waals surface area contributed by atoms with Crippen LogP contribution in [0.2, 0.25) is 0 Å². The summed E-state index contributed by atoms with van der Waals surface area (Å²) in [6, 6.07) is 23.0. The molecule has 4 aromatic heterocycles. The van der Waals surface area contributed by atoms with Crippen molar-refractivity contribution in [3.8, 4) is 22.8 Å². The second-order valence-electron chi connectivity index (χ2n) is 15.7. The fraction of sp³-hybridized carbons (Fsp3) is 0.468. The van der Waals surface area contributed by atoms with Crippen LogP contribution < -0.4 is 31.9 Å². The molecule has 4 aliphatic rings. The lowest BCUT2D eigenvalue weighted by Gasteiger charge is -2.28. The maximum absolute atomic E-state index is 12.2. The molecule has 10 rings (SSSR count). The summed E-state index contributed by atoms with van der Waals surface area (Å²) in [6.07, 6.45) is 3.88. The monoisotopic (exact) mass is 909 g/mol. The molecule has 0 saturated carbocycles. The van der Waals surface area contributed by atoms with Crippen LogP contribution in [0.15, 0.2) is 85.2 Å². The molecule has 0 aliphatic carbocycles. The summed E-state index contributed by atoms with van der Waals surface area (Å²) in [6.45, 7) is 16.5. The molecule has 4 saturated heterocycles. The number of anilines is 4. The normalized spacial score (nSPS) is 16.8. The van der Waals surface area contributed by atoms with Gasteiger partial charge in [0.15, 0.2) is 23.3 Å². The molecule has 6 N–H and O–H groups in total. The number of fused-ring (bicyclic) bond motifs is 2. The third-order valence-electron chi connectivity index (χ3n) is 11.3. The number of nitrogens with zero attached hydrogens (tertiary/aromatic N) is 10. The number of benzene rings is 2. The molecule has 6 aromatic rings. The zero-order valence-corrected chi connectivity index (χ0v) is 36.4. The third kappa shape index (κ3) is 13.3. The minimum absolute atomic E-state index is 0. The summed E-state index contributed by atoms with van der Waals surface area (Å²) in [5.74, 6) is 3.21. The van der Waals surface area contributed by atoms with Gasteiger partial charge in [-0.05, 0) is 72.8 Å². The van der Waals surface area contributed by atoms with E-state index in [-0.39, 0.29) is 20.9 Å². The van der Waals surface area contributed by atoms with Gasteiger partial charge in [0.05, 0.1) is 52.9 Å². The van der Waals surface area contributed by atoms with Crippen molar-refractivity contribution >= 4 is 40.1 Å². The quantitative estimate of drug-likeness (QED) is 0.143. The van der Waals surface area contributed by atoms with Crippen molar-refractivity contribution in [3.63, 3.8) is 0 Å². The van der Waals surface area contributed by atoms with Gasteiger partial charge in [-0.15, -0.1) is 10.2 Å². The number of rotatable bonds is 10. The van der Waals surface area contributed by atoms with E-state index >= 15 is 0 Å². The standard InChI is InChI=1S/C23H29N7O3.C16H17N5O.C6H14N2O.2CH4/c31-23(24-7-9-28-10-14-32-15-11-28)25-19-5-3-18(4-6-19)21-26-22(29-12-16-33-17-13-29)20-2-1-8-30(20)27-21;17-13-5-3-12(4-6-13)15-18-16(20-8-10-22-11-9-20)14-2-1-7-21(14)19-15;7-1-2-8-3-5-9-6-4-8;;/h1-6,8H,7,9-17H2,(H2,24,25,31);1-7H,8-11,17H2;1-7H2;2*1H4. The van der Waals surface area contributed by atoms with Crippen LogP contribution in [0.5, 0.6) is 0 Å². The lowest BCUT2D eigenvalue weighted by molar-refractivity contribution is 0.0388. The predicted octanol–water partition coefficient (Wildman–Crippen LogP) is 4.05. The molecule has 356 valence electrons. The summed E-state index contributed by atoms with van der Waals surface area (Å²) in [7, 11) is 0. The highest BCUT2D eigenvalue weighted by atomic mass is 16.5. The van der Waals surface area contributed by atoms with Crippen LogP contribution >= 0.6 is 0 Å². The summed E-state index contributed by atoms with van der Waals surface area (Å²) in [4.78, 5) is 31.0. The van der Waals surface area contributed by atoms with E-state index in [9.17, 15) is 4.79 Å². The molecule has 2 amide bonds. The Kier molecular flexibility index (Phi) is 18.8. The van der Waals surface area contributed by atoms with E-state index < -0.39 is 0 Å². The molecule has 0 unspecified atom stereocenters. The first-order valence-electron chi connectivity index (χ1n) is 22.2. The van der Waals surface area contributed by atoms with E-state index in [0.29, 0.717) is 31.4 Å². The molecule has 66 heavy (non-hydrogen) atoms. The van der Waals surface area contributed by atoms with E-state index in [1.54, 1.807) is 0 Å². The van der Waals surface area contributed by atoms with Gasteiger partial charge in [-0.1, -0.05) is 14.9 Å². The van der Waals surface area contributed by atoms with Crippen LogP contribution in [0.4, 0.5) is 27.8 Å². The molecular formula is C47H68N14O5. The number of urea groups is 1. The SMILES string of the molecule is C.C.NCCN1CCOCC1.Nc1ccc(-c2nc(N3CCOCC3)c3cccn3n2)cc1.O=C(NCCN1CCOCC1)Nc1ccc(-c2nc(N3CCOCC3)c3cccn3n2)cc1. The molecule has 19 heteroatoms. The second kappa shape index (κ2) is 25.1. The van der Waals surface area contributed by atoms with Gasteiger partial charge < -0.3 is 50.8 Å². The van der Waals surface area contributed by atoms with E-state index in [1.807, 2.05) is 94.2 Å². The Bertz CT molecular complexity index is 2350. The zero-order chi connectivity index (χ0) is 43.9.